The molecular formula is C15H17F3N2S. The van der Waals surface area contributed by atoms with Gasteiger partial charge in [-0.25, -0.2) is 0 Å². The number of alkyl halides is 3. The van der Waals surface area contributed by atoms with E-state index < -0.39 is 11.7 Å². The molecule has 1 N–H and O–H groups in total. The Labute approximate surface area is 126 Å². The number of nitrogens with one attached hydrogen (secondary N) is 1. The molecule has 1 spiro atoms. The molecule has 1 fully saturated rings. The Kier molecular flexibility index (Phi) is 3.90. The third kappa shape index (κ3) is 3.36. The van der Waals surface area contributed by atoms with E-state index in [0.717, 1.165) is 29.6 Å². The lowest BCUT2D eigenvalue weighted by molar-refractivity contribution is -0.137. The lowest BCUT2D eigenvalue weighted by Gasteiger charge is -2.31. The number of rotatable bonds is 1. The molecule has 1 aromatic carbocycles. The van der Waals surface area contributed by atoms with Gasteiger partial charge >= 0.3 is 6.18 Å². The van der Waals surface area contributed by atoms with Gasteiger partial charge in [-0.2, -0.15) is 13.2 Å². The SMILES string of the molecule is FC(F)(F)c1cccc(NC2=NCC3(CCCC3)CS2)c1. The Morgan fingerprint density at radius 2 is 1.95 bits per heavy atom. The molecule has 1 heterocycles. The molecule has 2 aliphatic rings. The number of benzene rings is 1. The van der Waals surface area contributed by atoms with Gasteiger partial charge in [0.05, 0.1) is 5.56 Å². The van der Waals surface area contributed by atoms with Gasteiger partial charge in [0.1, 0.15) is 0 Å². The summed E-state index contributed by atoms with van der Waals surface area (Å²) in [6.45, 7) is 0.793. The van der Waals surface area contributed by atoms with E-state index in [0.29, 0.717) is 11.1 Å². The number of hydrogen-bond donors (Lipinski definition) is 1. The van der Waals surface area contributed by atoms with Crippen molar-refractivity contribution >= 4 is 22.6 Å². The Morgan fingerprint density at radius 3 is 2.57 bits per heavy atom. The van der Waals surface area contributed by atoms with Crippen LogP contribution in [0.25, 0.3) is 0 Å². The molecule has 0 aromatic heterocycles. The first-order valence-electron chi connectivity index (χ1n) is 7.09. The molecule has 0 saturated heterocycles. The minimum absolute atomic E-state index is 0.337. The summed E-state index contributed by atoms with van der Waals surface area (Å²) in [6, 6.07) is 5.26. The third-order valence-electron chi connectivity index (χ3n) is 4.18. The molecule has 114 valence electrons. The number of halogens is 3. The second kappa shape index (κ2) is 5.55. The highest BCUT2D eigenvalue weighted by molar-refractivity contribution is 8.14. The highest BCUT2D eigenvalue weighted by Gasteiger charge is 2.36. The summed E-state index contributed by atoms with van der Waals surface area (Å²) < 4.78 is 38.1. The van der Waals surface area contributed by atoms with Crippen molar-refractivity contribution in [3.63, 3.8) is 0 Å². The average Bonchev–Trinajstić information content (AvgIpc) is 2.90. The molecule has 1 saturated carbocycles. The van der Waals surface area contributed by atoms with Crippen LogP contribution in [0.5, 0.6) is 0 Å². The summed E-state index contributed by atoms with van der Waals surface area (Å²) in [6.07, 6.45) is 0.673. The minimum Gasteiger partial charge on any atom is -0.335 e. The lowest BCUT2D eigenvalue weighted by atomic mass is 9.89. The summed E-state index contributed by atoms with van der Waals surface area (Å²) in [4.78, 5) is 4.54. The number of aliphatic imine (C=N–C) groups is 1. The van der Waals surface area contributed by atoms with Crippen LogP contribution < -0.4 is 5.32 Å². The highest BCUT2D eigenvalue weighted by atomic mass is 32.2. The van der Waals surface area contributed by atoms with Gasteiger partial charge in [-0.15, -0.1) is 0 Å². The van der Waals surface area contributed by atoms with Crippen molar-refractivity contribution in [3.8, 4) is 0 Å². The van der Waals surface area contributed by atoms with Crippen molar-refractivity contribution in [1.82, 2.24) is 0 Å². The van der Waals surface area contributed by atoms with Gasteiger partial charge in [0, 0.05) is 18.0 Å². The van der Waals surface area contributed by atoms with E-state index in [9.17, 15) is 13.2 Å². The summed E-state index contributed by atoms with van der Waals surface area (Å²) in [5.41, 5.74) is 0.142. The van der Waals surface area contributed by atoms with Gasteiger partial charge in [-0.3, -0.25) is 4.99 Å². The molecular weight excluding hydrogens is 297 g/mol. The summed E-state index contributed by atoms with van der Waals surface area (Å²) in [5.74, 6) is 1.01. The molecule has 0 bridgehead atoms. The Morgan fingerprint density at radius 1 is 1.19 bits per heavy atom. The zero-order valence-electron chi connectivity index (χ0n) is 11.5. The maximum atomic E-state index is 12.7. The van der Waals surface area contributed by atoms with Gasteiger partial charge in [0.15, 0.2) is 5.17 Å². The van der Waals surface area contributed by atoms with Crippen molar-refractivity contribution in [3.05, 3.63) is 29.8 Å². The monoisotopic (exact) mass is 314 g/mol. The van der Waals surface area contributed by atoms with Crippen LogP contribution in [0.1, 0.15) is 31.2 Å². The van der Waals surface area contributed by atoms with E-state index in [1.165, 1.54) is 31.7 Å². The minimum atomic E-state index is -4.31. The van der Waals surface area contributed by atoms with Crippen molar-refractivity contribution < 1.29 is 13.2 Å². The fourth-order valence-corrected chi connectivity index (χ4v) is 4.12. The second-order valence-corrected chi connectivity index (χ2v) is 6.78. The molecule has 0 atom stereocenters. The fourth-order valence-electron chi connectivity index (χ4n) is 2.95. The Balaban J connectivity index is 1.69. The van der Waals surface area contributed by atoms with Crippen LogP contribution in [0.15, 0.2) is 29.3 Å². The standard InChI is InChI=1S/C15H17F3N2S/c16-15(17,18)11-4-3-5-12(8-11)20-13-19-9-14(10-21-13)6-1-2-7-14/h3-5,8H,1-2,6-7,9-10H2,(H,19,20). The molecule has 0 radical (unpaired) electrons. The predicted molar refractivity (Wildman–Crippen MR) is 80.7 cm³/mol. The normalized spacial score (nSPS) is 21.4. The number of anilines is 1. The van der Waals surface area contributed by atoms with Crippen LogP contribution in [0.3, 0.4) is 0 Å². The van der Waals surface area contributed by atoms with E-state index in [2.05, 4.69) is 10.3 Å². The van der Waals surface area contributed by atoms with Gasteiger partial charge in [-0.05, 0) is 36.5 Å². The van der Waals surface area contributed by atoms with E-state index in [1.54, 1.807) is 17.8 Å². The largest absolute Gasteiger partial charge is 0.416 e. The molecule has 3 rings (SSSR count). The molecule has 0 amide bonds. The molecule has 6 heteroatoms. The first kappa shape index (κ1) is 14.8. The molecule has 1 aliphatic heterocycles. The average molecular weight is 314 g/mol. The van der Waals surface area contributed by atoms with E-state index in [4.69, 9.17) is 0 Å². The smallest absolute Gasteiger partial charge is 0.335 e. The van der Waals surface area contributed by atoms with Crippen LogP contribution in [-0.4, -0.2) is 17.5 Å². The van der Waals surface area contributed by atoms with Crippen LogP contribution >= 0.6 is 11.8 Å². The number of thioether (sulfide) groups is 1. The maximum absolute atomic E-state index is 12.7. The Hall–Kier alpha value is -1.17. The first-order chi connectivity index (χ1) is 9.97. The topological polar surface area (TPSA) is 24.4 Å². The van der Waals surface area contributed by atoms with Gasteiger partial charge in [-0.1, -0.05) is 30.7 Å². The molecule has 21 heavy (non-hydrogen) atoms. The summed E-state index contributed by atoms with van der Waals surface area (Å²) >= 11 is 1.63. The zero-order valence-corrected chi connectivity index (χ0v) is 12.4. The molecule has 1 aromatic rings. The van der Waals surface area contributed by atoms with Crippen LogP contribution in [-0.2, 0) is 6.18 Å². The summed E-state index contributed by atoms with van der Waals surface area (Å²) in [7, 11) is 0. The highest BCUT2D eigenvalue weighted by Crippen LogP contribution is 2.43. The van der Waals surface area contributed by atoms with Crippen molar-refractivity contribution in [1.29, 1.82) is 0 Å². The van der Waals surface area contributed by atoms with E-state index in [1.807, 2.05) is 0 Å². The lowest BCUT2D eigenvalue weighted by Crippen LogP contribution is -2.30. The maximum Gasteiger partial charge on any atom is 0.416 e. The summed E-state index contributed by atoms with van der Waals surface area (Å²) in [5, 5.41) is 3.74. The van der Waals surface area contributed by atoms with Crippen molar-refractivity contribution in [2.24, 2.45) is 10.4 Å². The van der Waals surface area contributed by atoms with Crippen LogP contribution in [0.4, 0.5) is 18.9 Å². The molecule has 0 unspecified atom stereocenters. The van der Waals surface area contributed by atoms with Gasteiger partial charge in [0.25, 0.3) is 0 Å². The van der Waals surface area contributed by atoms with E-state index in [-0.39, 0.29) is 0 Å². The molecule has 1 aliphatic carbocycles. The number of nitrogens with zero attached hydrogens (tertiary/aromatic N) is 1. The van der Waals surface area contributed by atoms with Gasteiger partial charge in [0.2, 0.25) is 0 Å². The first-order valence-corrected chi connectivity index (χ1v) is 8.07. The number of hydrogen-bond acceptors (Lipinski definition) is 3. The zero-order chi connectivity index (χ0) is 14.9. The van der Waals surface area contributed by atoms with Crippen LogP contribution in [0.2, 0.25) is 0 Å². The Bertz CT molecular complexity index is 548. The fraction of sp³-hybridized carbons (Fsp3) is 0.533. The van der Waals surface area contributed by atoms with Crippen molar-refractivity contribution in [2.45, 2.75) is 31.9 Å². The second-order valence-electron chi connectivity index (χ2n) is 5.82. The van der Waals surface area contributed by atoms with Gasteiger partial charge < -0.3 is 5.32 Å². The number of amidine groups is 1. The van der Waals surface area contributed by atoms with Crippen molar-refractivity contribution in [2.75, 3.05) is 17.6 Å². The molecule has 2 nitrogen and oxygen atoms in total. The van der Waals surface area contributed by atoms with Crippen LogP contribution in [0, 0.1) is 5.41 Å². The quantitative estimate of drug-likeness (QED) is 0.806. The van der Waals surface area contributed by atoms with E-state index >= 15 is 0 Å². The third-order valence-corrected chi connectivity index (χ3v) is 5.44. The predicted octanol–water partition coefficient (Wildman–Crippen LogP) is 4.78.